The van der Waals surface area contributed by atoms with E-state index in [-0.39, 0.29) is 5.91 Å². The molecule has 7 heteroatoms. The third-order valence-corrected chi connectivity index (χ3v) is 5.41. The molecular formula is C22H28N6O. The van der Waals surface area contributed by atoms with E-state index >= 15 is 0 Å². The fourth-order valence-corrected chi connectivity index (χ4v) is 3.85. The highest BCUT2D eigenvalue weighted by molar-refractivity contribution is 6.06. The van der Waals surface area contributed by atoms with Crippen molar-refractivity contribution in [2.45, 2.75) is 32.7 Å². The molecule has 0 radical (unpaired) electrons. The molecule has 152 valence electrons. The number of allylic oxidation sites excluding steroid dienone is 1. The number of nitrogens with zero attached hydrogens (tertiary/aromatic N) is 4. The quantitative estimate of drug-likeness (QED) is 0.603. The highest BCUT2D eigenvalue weighted by atomic mass is 16.2. The maximum Gasteiger partial charge on any atom is 0.236 e. The van der Waals surface area contributed by atoms with Gasteiger partial charge in [-0.05, 0) is 12.5 Å². The molecule has 0 unspecified atom stereocenters. The Morgan fingerprint density at radius 2 is 2.03 bits per heavy atom. The third kappa shape index (κ3) is 3.96. The fraction of sp³-hybridized carbons (Fsp3) is 0.409. The maximum absolute atomic E-state index is 11.9. The van der Waals surface area contributed by atoms with Crippen LogP contribution in [0.1, 0.15) is 25.6 Å². The molecule has 1 aromatic carbocycles. The summed E-state index contributed by atoms with van der Waals surface area (Å²) in [6.45, 7) is 5.56. The number of aryl methyl sites for hydroxylation is 1. The lowest BCUT2D eigenvalue weighted by atomic mass is 10.2. The number of unbranched alkanes of at least 4 members (excludes halogenated alkanes) is 1. The van der Waals surface area contributed by atoms with Gasteiger partial charge in [-0.15, -0.1) is 0 Å². The van der Waals surface area contributed by atoms with Crippen molar-refractivity contribution in [3.63, 3.8) is 0 Å². The molecule has 0 aliphatic carbocycles. The number of aromatic nitrogens is 3. The largest absolute Gasteiger partial charge is 0.382 e. The molecule has 3 N–H and O–H groups in total. The van der Waals surface area contributed by atoms with E-state index in [2.05, 4.69) is 40.0 Å². The second-order valence-corrected chi connectivity index (χ2v) is 7.44. The standard InChI is InChI=1S/C22H28N6O/c1-2-3-10-18-26-20-21(16-8-4-5-9-17(16)25-22(20)23)28(18)13-7-6-12-27-14-11-24-15-19(27)29/h4-9,24H,2-3,10-15H2,1H3,(H2,23,25)/b7-6+. The molecule has 29 heavy (non-hydrogen) atoms. The Morgan fingerprint density at radius 1 is 1.21 bits per heavy atom. The molecule has 1 amide bonds. The number of carbonyl (C=O) groups is 1. The number of rotatable bonds is 7. The number of nitrogens with two attached hydrogens (primary N) is 1. The molecule has 0 saturated carbocycles. The number of imidazole rings is 1. The molecule has 2 aromatic heterocycles. The molecule has 0 atom stereocenters. The van der Waals surface area contributed by atoms with Crippen LogP contribution in [0, 0.1) is 0 Å². The number of fused-ring (bicyclic) bond motifs is 3. The minimum atomic E-state index is 0.155. The summed E-state index contributed by atoms with van der Waals surface area (Å²) in [6, 6.07) is 8.06. The van der Waals surface area contributed by atoms with Crippen LogP contribution in [0.3, 0.4) is 0 Å². The van der Waals surface area contributed by atoms with Crippen LogP contribution in [0.4, 0.5) is 5.82 Å². The molecule has 1 aliphatic rings. The number of piperazine rings is 1. The van der Waals surface area contributed by atoms with Gasteiger partial charge in [0.25, 0.3) is 0 Å². The van der Waals surface area contributed by atoms with Crippen LogP contribution in [-0.4, -0.2) is 51.5 Å². The highest BCUT2D eigenvalue weighted by Crippen LogP contribution is 2.29. The van der Waals surface area contributed by atoms with Crippen molar-refractivity contribution >= 4 is 33.7 Å². The summed E-state index contributed by atoms with van der Waals surface area (Å²) in [7, 11) is 0. The number of benzene rings is 1. The predicted molar refractivity (Wildman–Crippen MR) is 117 cm³/mol. The van der Waals surface area contributed by atoms with Crippen molar-refractivity contribution < 1.29 is 4.79 Å². The summed E-state index contributed by atoms with van der Waals surface area (Å²) in [5.74, 6) is 1.67. The van der Waals surface area contributed by atoms with Crippen LogP contribution in [0.25, 0.3) is 21.9 Å². The summed E-state index contributed by atoms with van der Waals surface area (Å²) in [5.41, 5.74) is 8.95. The van der Waals surface area contributed by atoms with Gasteiger partial charge >= 0.3 is 0 Å². The molecule has 7 nitrogen and oxygen atoms in total. The monoisotopic (exact) mass is 392 g/mol. The van der Waals surface area contributed by atoms with Gasteiger partial charge in [0.05, 0.1) is 17.6 Å². The highest BCUT2D eigenvalue weighted by Gasteiger charge is 2.17. The van der Waals surface area contributed by atoms with E-state index in [9.17, 15) is 4.79 Å². The van der Waals surface area contributed by atoms with E-state index < -0.39 is 0 Å². The number of amides is 1. The lowest BCUT2D eigenvalue weighted by Gasteiger charge is -2.26. The predicted octanol–water partition coefficient (Wildman–Crippen LogP) is 2.50. The lowest BCUT2D eigenvalue weighted by molar-refractivity contribution is -0.131. The Kier molecular flexibility index (Phi) is 5.76. The third-order valence-electron chi connectivity index (χ3n) is 5.41. The number of nitrogens with one attached hydrogen (secondary N) is 1. The first-order valence-electron chi connectivity index (χ1n) is 10.4. The van der Waals surface area contributed by atoms with E-state index in [1.54, 1.807) is 0 Å². The van der Waals surface area contributed by atoms with Gasteiger partial charge in [-0.25, -0.2) is 9.97 Å². The van der Waals surface area contributed by atoms with Gasteiger partial charge in [0, 0.05) is 38.0 Å². The lowest BCUT2D eigenvalue weighted by Crippen LogP contribution is -2.47. The van der Waals surface area contributed by atoms with Gasteiger partial charge < -0.3 is 20.5 Å². The van der Waals surface area contributed by atoms with Crippen LogP contribution in [0.5, 0.6) is 0 Å². The van der Waals surface area contributed by atoms with Crippen molar-refractivity contribution in [3.05, 3.63) is 42.2 Å². The van der Waals surface area contributed by atoms with E-state index in [1.165, 1.54) is 0 Å². The van der Waals surface area contributed by atoms with Crippen molar-refractivity contribution in [1.29, 1.82) is 0 Å². The number of hydrogen-bond acceptors (Lipinski definition) is 5. The summed E-state index contributed by atoms with van der Waals surface area (Å²) >= 11 is 0. The van der Waals surface area contributed by atoms with E-state index in [4.69, 9.17) is 10.7 Å². The zero-order valence-corrected chi connectivity index (χ0v) is 16.9. The van der Waals surface area contributed by atoms with Crippen molar-refractivity contribution in [2.75, 3.05) is 31.9 Å². The summed E-state index contributed by atoms with van der Waals surface area (Å²) < 4.78 is 2.25. The first kappa shape index (κ1) is 19.4. The molecule has 1 saturated heterocycles. The Morgan fingerprint density at radius 3 is 2.86 bits per heavy atom. The second kappa shape index (κ2) is 8.61. The van der Waals surface area contributed by atoms with E-state index in [1.807, 2.05) is 23.1 Å². The van der Waals surface area contributed by atoms with Gasteiger partial charge in [-0.3, -0.25) is 4.79 Å². The van der Waals surface area contributed by atoms with Crippen LogP contribution >= 0.6 is 0 Å². The van der Waals surface area contributed by atoms with Crippen molar-refractivity contribution in [3.8, 4) is 0 Å². The van der Waals surface area contributed by atoms with E-state index in [0.29, 0.717) is 25.5 Å². The van der Waals surface area contributed by atoms with Crippen LogP contribution in [-0.2, 0) is 17.8 Å². The molecule has 1 aliphatic heterocycles. The maximum atomic E-state index is 11.9. The first-order chi connectivity index (χ1) is 14.2. The van der Waals surface area contributed by atoms with Crippen LogP contribution in [0.15, 0.2) is 36.4 Å². The minimum Gasteiger partial charge on any atom is -0.382 e. The Bertz CT molecular complexity index is 1050. The van der Waals surface area contributed by atoms with Gasteiger partial charge in [0.1, 0.15) is 11.3 Å². The Labute approximate surface area is 170 Å². The summed E-state index contributed by atoms with van der Waals surface area (Å²) in [4.78, 5) is 23.2. The molecular weight excluding hydrogens is 364 g/mol. The van der Waals surface area contributed by atoms with Gasteiger partial charge in [-0.1, -0.05) is 43.7 Å². The van der Waals surface area contributed by atoms with Gasteiger partial charge in [0.2, 0.25) is 5.91 Å². The smallest absolute Gasteiger partial charge is 0.236 e. The summed E-state index contributed by atoms with van der Waals surface area (Å²) in [6.07, 6.45) is 7.29. The van der Waals surface area contributed by atoms with Gasteiger partial charge in [-0.2, -0.15) is 0 Å². The van der Waals surface area contributed by atoms with Gasteiger partial charge in [0.15, 0.2) is 5.82 Å². The number of hydrogen-bond donors (Lipinski definition) is 2. The molecule has 3 heterocycles. The van der Waals surface area contributed by atoms with Crippen LogP contribution in [0.2, 0.25) is 0 Å². The number of nitrogen functional groups attached to an aromatic ring is 1. The van der Waals surface area contributed by atoms with Crippen molar-refractivity contribution in [1.82, 2.24) is 24.8 Å². The zero-order valence-electron chi connectivity index (χ0n) is 16.9. The van der Waals surface area contributed by atoms with Crippen LogP contribution < -0.4 is 11.1 Å². The molecule has 4 rings (SSSR count). The fourth-order valence-electron chi connectivity index (χ4n) is 3.85. The zero-order chi connectivity index (χ0) is 20.2. The topological polar surface area (TPSA) is 89.1 Å². The first-order valence-corrected chi connectivity index (χ1v) is 10.4. The number of para-hydroxylation sites is 1. The average Bonchev–Trinajstić information content (AvgIpc) is 3.10. The second-order valence-electron chi connectivity index (χ2n) is 7.44. The number of carbonyl (C=O) groups excluding carboxylic acids is 1. The minimum absolute atomic E-state index is 0.155. The summed E-state index contributed by atoms with van der Waals surface area (Å²) in [5, 5.41) is 4.17. The number of pyridine rings is 1. The Hall–Kier alpha value is -2.93. The molecule has 1 fully saturated rings. The Balaban J connectivity index is 1.67. The van der Waals surface area contributed by atoms with Crippen molar-refractivity contribution in [2.24, 2.45) is 0 Å². The molecule has 3 aromatic rings. The molecule has 0 spiro atoms. The SMILES string of the molecule is CCCCc1nc2c(N)nc3ccccc3c2n1C/C=C/CN1CCNCC1=O. The van der Waals surface area contributed by atoms with E-state index in [0.717, 1.165) is 60.1 Å². The molecule has 0 bridgehead atoms. The number of anilines is 1. The average molecular weight is 393 g/mol. The normalized spacial score (nSPS) is 15.2.